The molecule has 6 nitrogen and oxygen atoms in total. The monoisotopic (exact) mass is 366 g/mol. The van der Waals surface area contributed by atoms with Crippen LogP contribution >= 0.6 is 11.6 Å². The number of rotatable bonds is 3. The molecule has 0 amide bonds. The number of anilines is 1. The largest absolute Gasteiger partial charge is 0.497 e. The predicted octanol–water partition coefficient (Wildman–Crippen LogP) is 2.76. The summed E-state index contributed by atoms with van der Waals surface area (Å²) in [5, 5.41) is 0.160. The van der Waals surface area contributed by atoms with Gasteiger partial charge < -0.3 is 10.5 Å². The number of methoxy groups -OCH3 is 1. The summed E-state index contributed by atoms with van der Waals surface area (Å²) in [5.74, 6) is -1.63. The molecule has 9 heteroatoms. The van der Waals surface area contributed by atoms with Gasteiger partial charge in [-0.05, 0) is 12.1 Å². The minimum absolute atomic E-state index is 0.0123. The van der Waals surface area contributed by atoms with Gasteiger partial charge in [-0.2, -0.15) is 4.68 Å². The standard InChI is InChI=1S/C16H13ClF2N4O2/c1-22-15(13-9(18)6-8(25-2)7-10(13)19)14(20)16(24)23(22)12-5-3-4-11(17)21-12/h3-7H,20H2,1-2H3. The van der Waals surface area contributed by atoms with Crippen molar-refractivity contribution >= 4 is 17.3 Å². The highest BCUT2D eigenvalue weighted by Gasteiger charge is 2.24. The van der Waals surface area contributed by atoms with E-state index in [9.17, 15) is 13.6 Å². The van der Waals surface area contributed by atoms with E-state index in [1.54, 1.807) is 6.07 Å². The molecule has 0 atom stereocenters. The average Bonchev–Trinajstić information content (AvgIpc) is 2.77. The van der Waals surface area contributed by atoms with Crippen LogP contribution in [0, 0.1) is 11.6 Å². The highest BCUT2D eigenvalue weighted by Crippen LogP contribution is 2.32. The summed E-state index contributed by atoms with van der Waals surface area (Å²) in [4.78, 5) is 16.5. The molecule has 2 heterocycles. The number of benzene rings is 1. The molecule has 0 aliphatic heterocycles. The van der Waals surface area contributed by atoms with E-state index in [4.69, 9.17) is 22.1 Å². The third-order valence-corrected chi connectivity index (χ3v) is 3.92. The fraction of sp³-hybridized carbons (Fsp3) is 0.125. The normalized spacial score (nSPS) is 10.9. The maximum Gasteiger partial charge on any atom is 0.296 e. The molecule has 0 fully saturated rings. The number of halogens is 3. The molecule has 0 radical (unpaired) electrons. The second-order valence-corrected chi connectivity index (χ2v) is 5.57. The van der Waals surface area contributed by atoms with E-state index in [2.05, 4.69) is 4.98 Å². The Kier molecular flexibility index (Phi) is 4.22. The first-order chi connectivity index (χ1) is 11.8. The minimum Gasteiger partial charge on any atom is -0.497 e. The van der Waals surface area contributed by atoms with Gasteiger partial charge in [0.2, 0.25) is 0 Å². The third-order valence-electron chi connectivity index (χ3n) is 3.71. The van der Waals surface area contributed by atoms with Crippen LogP contribution in [-0.4, -0.2) is 21.5 Å². The van der Waals surface area contributed by atoms with Crippen LogP contribution in [0.25, 0.3) is 17.1 Å². The number of aromatic nitrogens is 3. The van der Waals surface area contributed by atoms with Crippen molar-refractivity contribution < 1.29 is 13.5 Å². The van der Waals surface area contributed by atoms with Gasteiger partial charge in [0.25, 0.3) is 5.56 Å². The topological polar surface area (TPSA) is 75.1 Å². The Morgan fingerprint density at radius 1 is 1.24 bits per heavy atom. The zero-order valence-corrected chi connectivity index (χ0v) is 14.0. The number of nitrogen functional groups attached to an aromatic ring is 1. The molecular weight excluding hydrogens is 354 g/mol. The van der Waals surface area contributed by atoms with Crippen LogP contribution in [0.1, 0.15) is 0 Å². The third kappa shape index (κ3) is 2.74. The van der Waals surface area contributed by atoms with Gasteiger partial charge in [-0.25, -0.2) is 13.8 Å². The van der Waals surface area contributed by atoms with Crippen molar-refractivity contribution in [1.82, 2.24) is 14.3 Å². The summed E-state index contributed by atoms with van der Waals surface area (Å²) in [7, 11) is 2.73. The van der Waals surface area contributed by atoms with Crippen molar-refractivity contribution in [2.24, 2.45) is 7.05 Å². The molecule has 0 saturated carbocycles. The van der Waals surface area contributed by atoms with Crippen LogP contribution in [0.3, 0.4) is 0 Å². The van der Waals surface area contributed by atoms with Crippen molar-refractivity contribution in [1.29, 1.82) is 0 Å². The summed E-state index contributed by atoms with van der Waals surface area (Å²) in [6.45, 7) is 0. The quantitative estimate of drug-likeness (QED) is 0.723. The first-order valence-electron chi connectivity index (χ1n) is 7.09. The molecule has 2 aromatic heterocycles. The van der Waals surface area contributed by atoms with E-state index in [0.29, 0.717) is 0 Å². The van der Waals surface area contributed by atoms with Crippen LogP contribution in [0.2, 0.25) is 5.15 Å². The van der Waals surface area contributed by atoms with Gasteiger partial charge in [-0.1, -0.05) is 17.7 Å². The molecule has 1 aromatic carbocycles. The van der Waals surface area contributed by atoms with Gasteiger partial charge in [-0.15, -0.1) is 0 Å². The van der Waals surface area contributed by atoms with Crippen molar-refractivity contribution in [3.05, 3.63) is 57.5 Å². The summed E-state index contributed by atoms with van der Waals surface area (Å²) in [6, 6.07) is 6.67. The summed E-state index contributed by atoms with van der Waals surface area (Å²) in [5.41, 5.74) is 4.32. The molecule has 0 unspecified atom stereocenters. The van der Waals surface area contributed by atoms with E-state index in [1.807, 2.05) is 0 Å². The lowest BCUT2D eigenvalue weighted by molar-refractivity contribution is 0.407. The number of nitrogens with zero attached hydrogens (tertiary/aromatic N) is 3. The summed E-state index contributed by atoms with van der Waals surface area (Å²) < 4.78 is 36.0. The Hall–Kier alpha value is -2.87. The molecule has 2 N–H and O–H groups in total. The lowest BCUT2D eigenvalue weighted by Crippen LogP contribution is -2.21. The number of hydrogen-bond acceptors (Lipinski definition) is 4. The highest BCUT2D eigenvalue weighted by molar-refractivity contribution is 6.29. The Balaban J connectivity index is 2.31. The Bertz CT molecular complexity index is 1010. The van der Waals surface area contributed by atoms with Crippen LogP contribution in [0.15, 0.2) is 35.1 Å². The molecular formula is C16H13ClF2N4O2. The molecule has 3 rings (SSSR count). The first kappa shape index (κ1) is 17.0. The fourth-order valence-corrected chi connectivity index (χ4v) is 2.75. The highest BCUT2D eigenvalue weighted by atomic mass is 35.5. The molecule has 0 aliphatic carbocycles. The molecule has 0 bridgehead atoms. The Labute approximate surface area is 146 Å². The maximum atomic E-state index is 14.4. The lowest BCUT2D eigenvalue weighted by atomic mass is 10.1. The number of pyridine rings is 1. The van der Waals surface area contributed by atoms with Crippen molar-refractivity contribution in [3.63, 3.8) is 0 Å². The number of ether oxygens (including phenoxy) is 1. The Morgan fingerprint density at radius 2 is 1.88 bits per heavy atom. The van der Waals surface area contributed by atoms with Crippen molar-refractivity contribution in [2.45, 2.75) is 0 Å². The van der Waals surface area contributed by atoms with Gasteiger partial charge in [-0.3, -0.25) is 9.48 Å². The first-order valence-corrected chi connectivity index (χ1v) is 7.46. The number of hydrogen-bond donors (Lipinski definition) is 1. The summed E-state index contributed by atoms with van der Waals surface area (Å²) in [6.07, 6.45) is 0. The molecule has 0 spiro atoms. The van der Waals surface area contributed by atoms with Crippen LogP contribution in [0.4, 0.5) is 14.5 Å². The zero-order valence-electron chi connectivity index (χ0n) is 13.3. The predicted molar refractivity (Wildman–Crippen MR) is 90.1 cm³/mol. The van der Waals surface area contributed by atoms with E-state index < -0.39 is 22.8 Å². The van der Waals surface area contributed by atoms with Gasteiger partial charge in [0.1, 0.15) is 28.2 Å². The smallest absolute Gasteiger partial charge is 0.296 e. The van der Waals surface area contributed by atoms with Crippen LogP contribution in [0.5, 0.6) is 5.75 Å². The van der Waals surface area contributed by atoms with Gasteiger partial charge >= 0.3 is 0 Å². The minimum atomic E-state index is -0.907. The maximum absolute atomic E-state index is 14.4. The second kappa shape index (κ2) is 6.21. The van der Waals surface area contributed by atoms with Crippen LogP contribution in [-0.2, 0) is 7.05 Å². The van der Waals surface area contributed by atoms with Gasteiger partial charge in [0, 0.05) is 19.2 Å². The molecule has 0 saturated heterocycles. The second-order valence-electron chi connectivity index (χ2n) is 5.19. The van der Waals surface area contributed by atoms with E-state index >= 15 is 0 Å². The van der Waals surface area contributed by atoms with Gasteiger partial charge in [0.15, 0.2) is 5.82 Å². The molecule has 25 heavy (non-hydrogen) atoms. The van der Waals surface area contributed by atoms with E-state index in [1.165, 1.54) is 31.0 Å². The van der Waals surface area contributed by atoms with E-state index in [0.717, 1.165) is 16.8 Å². The zero-order chi connectivity index (χ0) is 18.3. The molecule has 130 valence electrons. The average molecular weight is 367 g/mol. The molecule has 0 aliphatic rings. The van der Waals surface area contributed by atoms with E-state index in [-0.39, 0.29) is 28.1 Å². The van der Waals surface area contributed by atoms with Crippen molar-refractivity contribution in [2.75, 3.05) is 12.8 Å². The van der Waals surface area contributed by atoms with Gasteiger partial charge in [0.05, 0.1) is 18.4 Å². The molecule has 3 aromatic rings. The SMILES string of the molecule is COc1cc(F)c(-c2c(N)c(=O)n(-c3cccc(Cl)n3)n2C)c(F)c1. The lowest BCUT2D eigenvalue weighted by Gasteiger charge is -2.12. The van der Waals surface area contributed by atoms with Crippen LogP contribution < -0.4 is 16.0 Å². The number of nitrogens with two attached hydrogens (primary N) is 1. The summed E-state index contributed by atoms with van der Waals surface area (Å²) >= 11 is 5.85. The fourth-order valence-electron chi connectivity index (χ4n) is 2.59. The van der Waals surface area contributed by atoms with Crippen molar-refractivity contribution in [3.8, 4) is 22.8 Å². The Morgan fingerprint density at radius 3 is 2.44 bits per heavy atom.